The van der Waals surface area contributed by atoms with Gasteiger partial charge >= 0.3 is 0 Å². The minimum atomic E-state index is 0.730. The molecule has 2 atom stereocenters. The second-order valence-corrected chi connectivity index (χ2v) is 8.43. The van der Waals surface area contributed by atoms with Crippen LogP contribution in [0.1, 0.15) is 10.7 Å². The molecule has 1 fully saturated rings. The molecule has 2 aromatic heterocycles. The molecule has 1 saturated heterocycles. The van der Waals surface area contributed by atoms with Gasteiger partial charge in [0.15, 0.2) is 0 Å². The van der Waals surface area contributed by atoms with Crippen LogP contribution in [0.3, 0.4) is 0 Å². The SMILES string of the molecule is COc1ccc(-c2cnc3n2CC2CN(Cc4cccs4)CC2C3)cc1. The maximum Gasteiger partial charge on any atom is 0.118 e. The zero-order chi connectivity index (χ0) is 17.5. The molecule has 0 radical (unpaired) electrons. The lowest BCUT2D eigenvalue weighted by atomic mass is 9.89. The zero-order valence-corrected chi connectivity index (χ0v) is 15.8. The first kappa shape index (κ1) is 16.1. The van der Waals surface area contributed by atoms with Crippen molar-refractivity contribution >= 4 is 11.3 Å². The number of ether oxygens (including phenoxy) is 1. The molecule has 5 rings (SSSR count). The second-order valence-electron chi connectivity index (χ2n) is 7.40. The molecule has 0 saturated carbocycles. The fraction of sp³-hybridized carbons (Fsp3) is 0.381. The summed E-state index contributed by atoms with van der Waals surface area (Å²) in [6, 6.07) is 12.7. The van der Waals surface area contributed by atoms with Crippen LogP contribution in [0, 0.1) is 11.8 Å². The first-order valence-corrected chi connectivity index (χ1v) is 10.1. The van der Waals surface area contributed by atoms with Gasteiger partial charge in [-0.25, -0.2) is 4.98 Å². The average molecular weight is 366 g/mol. The Kier molecular flexibility index (Phi) is 4.06. The molecule has 3 aromatic rings. The molecule has 0 N–H and O–H groups in total. The molecule has 0 spiro atoms. The highest BCUT2D eigenvalue weighted by Crippen LogP contribution is 2.36. The van der Waals surface area contributed by atoms with Crippen LogP contribution in [-0.2, 0) is 19.5 Å². The lowest BCUT2D eigenvalue weighted by Crippen LogP contribution is -2.28. The number of nitrogens with zero attached hydrogens (tertiary/aromatic N) is 3. The number of methoxy groups -OCH3 is 1. The molecule has 0 aliphatic carbocycles. The van der Waals surface area contributed by atoms with Crippen LogP contribution >= 0.6 is 11.3 Å². The highest BCUT2D eigenvalue weighted by atomic mass is 32.1. The third kappa shape index (κ3) is 2.85. The summed E-state index contributed by atoms with van der Waals surface area (Å²) >= 11 is 1.87. The van der Waals surface area contributed by atoms with Crippen molar-refractivity contribution in [2.24, 2.45) is 11.8 Å². The van der Waals surface area contributed by atoms with Gasteiger partial charge in [-0.1, -0.05) is 6.07 Å². The van der Waals surface area contributed by atoms with Gasteiger partial charge in [0.2, 0.25) is 0 Å². The number of benzene rings is 1. The van der Waals surface area contributed by atoms with Crippen molar-refractivity contribution in [1.29, 1.82) is 0 Å². The maximum atomic E-state index is 5.28. The van der Waals surface area contributed by atoms with Crippen molar-refractivity contribution in [1.82, 2.24) is 14.5 Å². The lowest BCUT2D eigenvalue weighted by molar-refractivity contribution is 0.308. The summed E-state index contributed by atoms with van der Waals surface area (Å²) in [5.74, 6) is 3.62. The molecule has 134 valence electrons. The minimum absolute atomic E-state index is 0.730. The smallest absolute Gasteiger partial charge is 0.118 e. The Bertz CT molecular complexity index is 885. The Morgan fingerprint density at radius 1 is 1.12 bits per heavy atom. The van der Waals surface area contributed by atoms with E-state index >= 15 is 0 Å². The largest absolute Gasteiger partial charge is 0.497 e. The third-order valence-electron chi connectivity index (χ3n) is 5.80. The Morgan fingerprint density at radius 2 is 1.96 bits per heavy atom. The van der Waals surface area contributed by atoms with Gasteiger partial charge in [0, 0.05) is 43.0 Å². The Hall–Kier alpha value is -2.11. The summed E-state index contributed by atoms with van der Waals surface area (Å²) in [6.07, 6.45) is 3.14. The Balaban J connectivity index is 1.35. The number of thiophene rings is 1. The van der Waals surface area contributed by atoms with Gasteiger partial charge in [0.1, 0.15) is 11.6 Å². The van der Waals surface area contributed by atoms with Crippen LogP contribution in [0.4, 0.5) is 0 Å². The van der Waals surface area contributed by atoms with Crippen LogP contribution < -0.4 is 4.74 Å². The first-order valence-electron chi connectivity index (χ1n) is 9.23. The van der Waals surface area contributed by atoms with Crippen LogP contribution in [0.15, 0.2) is 48.0 Å². The number of rotatable bonds is 4. The molecule has 2 aliphatic heterocycles. The first-order chi connectivity index (χ1) is 12.8. The predicted octanol–water partition coefficient (Wildman–Crippen LogP) is 3.92. The highest BCUT2D eigenvalue weighted by Gasteiger charge is 2.37. The molecule has 4 nitrogen and oxygen atoms in total. The monoisotopic (exact) mass is 365 g/mol. The van der Waals surface area contributed by atoms with E-state index in [9.17, 15) is 0 Å². The van der Waals surface area contributed by atoms with Crippen LogP contribution in [0.25, 0.3) is 11.3 Å². The Labute approximate surface area is 158 Å². The van der Waals surface area contributed by atoms with Gasteiger partial charge in [0.25, 0.3) is 0 Å². The summed E-state index contributed by atoms with van der Waals surface area (Å²) < 4.78 is 7.73. The summed E-state index contributed by atoms with van der Waals surface area (Å²) in [5.41, 5.74) is 2.45. The van der Waals surface area contributed by atoms with Crippen LogP contribution in [0.2, 0.25) is 0 Å². The summed E-state index contributed by atoms with van der Waals surface area (Å²) in [4.78, 5) is 8.85. The molecule has 2 unspecified atom stereocenters. The summed E-state index contributed by atoms with van der Waals surface area (Å²) in [6.45, 7) is 4.58. The molecule has 5 heteroatoms. The van der Waals surface area contributed by atoms with Crippen LogP contribution in [-0.4, -0.2) is 34.7 Å². The van der Waals surface area contributed by atoms with Crippen molar-refractivity contribution in [3.8, 4) is 17.0 Å². The maximum absolute atomic E-state index is 5.28. The van der Waals surface area contributed by atoms with E-state index in [4.69, 9.17) is 9.72 Å². The van der Waals surface area contributed by atoms with E-state index in [-0.39, 0.29) is 0 Å². The molecule has 0 amide bonds. The van der Waals surface area contributed by atoms with E-state index < -0.39 is 0 Å². The lowest BCUT2D eigenvalue weighted by Gasteiger charge is -2.27. The summed E-state index contributed by atoms with van der Waals surface area (Å²) in [7, 11) is 1.71. The fourth-order valence-corrected chi connectivity index (χ4v) is 5.21. The Morgan fingerprint density at radius 3 is 2.73 bits per heavy atom. The molecule has 2 aliphatic rings. The number of likely N-dealkylation sites (tertiary alicyclic amines) is 1. The van der Waals surface area contributed by atoms with Crippen molar-refractivity contribution in [3.05, 3.63) is 58.7 Å². The van der Waals surface area contributed by atoms with E-state index in [0.717, 1.165) is 37.1 Å². The number of aromatic nitrogens is 2. The topological polar surface area (TPSA) is 30.3 Å². The number of fused-ring (bicyclic) bond motifs is 2. The van der Waals surface area contributed by atoms with E-state index in [1.54, 1.807) is 7.11 Å². The predicted molar refractivity (Wildman–Crippen MR) is 104 cm³/mol. The molecule has 4 heterocycles. The standard InChI is InChI=1S/C21H23N3OS/c1-25-18-6-4-15(5-7-18)20-10-22-21-9-16-11-23(12-17(16)13-24(20)21)14-19-3-2-8-26-19/h2-8,10,16-17H,9,11-14H2,1H3. The van der Waals surface area contributed by atoms with Gasteiger partial charge in [-0.15, -0.1) is 11.3 Å². The number of hydrogen-bond acceptors (Lipinski definition) is 4. The molecule has 26 heavy (non-hydrogen) atoms. The molecule has 1 aromatic carbocycles. The van der Waals surface area contributed by atoms with E-state index in [0.29, 0.717) is 0 Å². The van der Waals surface area contributed by atoms with Gasteiger partial charge in [0.05, 0.1) is 19.0 Å². The van der Waals surface area contributed by atoms with Gasteiger partial charge in [-0.05, 0) is 47.5 Å². The quantitative estimate of drug-likeness (QED) is 0.702. The number of imidazole rings is 1. The highest BCUT2D eigenvalue weighted by molar-refractivity contribution is 7.09. The zero-order valence-electron chi connectivity index (χ0n) is 15.0. The van der Waals surface area contributed by atoms with Crippen LogP contribution in [0.5, 0.6) is 5.75 Å². The van der Waals surface area contributed by atoms with Crippen molar-refractivity contribution < 1.29 is 4.74 Å². The normalized spacial score (nSPS) is 22.2. The van der Waals surface area contributed by atoms with E-state index in [1.165, 1.54) is 35.0 Å². The van der Waals surface area contributed by atoms with Crippen molar-refractivity contribution in [2.75, 3.05) is 20.2 Å². The molecular weight excluding hydrogens is 342 g/mol. The van der Waals surface area contributed by atoms with E-state index in [2.05, 4.69) is 39.1 Å². The second kappa shape index (κ2) is 6.56. The van der Waals surface area contributed by atoms with Crippen molar-refractivity contribution in [3.63, 3.8) is 0 Å². The average Bonchev–Trinajstić information content (AvgIpc) is 3.39. The number of hydrogen-bond donors (Lipinski definition) is 0. The van der Waals surface area contributed by atoms with Gasteiger partial charge in [-0.3, -0.25) is 4.90 Å². The summed E-state index contributed by atoms with van der Waals surface area (Å²) in [5, 5.41) is 2.18. The minimum Gasteiger partial charge on any atom is -0.497 e. The molecular formula is C21H23N3OS. The van der Waals surface area contributed by atoms with E-state index in [1.807, 2.05) is 29.7 Å². The fourth-order valence-electron chi connectivity index (χ4n) is 4.47. The van der Waals surface area contributed by atoms with Crippen molar-refractivity contribution in [2.45, 2.75) is 19.5 Å². The third-order valence-corrected chi connectivity index (χ3v) is 6.66. The van der Waals surface area contributed by atoms with Gasteiger partial charge in [-0.2, -0.15) is 0 Å². The van der Waals surface area contributed by atoms with Gasteiger partial charge < -0.3 is 9.30 Å². The molecule has 0 bridgehead atoms.